The number of aromatic nitrogens is 3. The predicted octanol–water partition coefficient (Wildman–Crippen LogP) is 3.58. The Balaban J connectivity index is 0.000000379. The molecule has 10 radical (unpaired) electrons. The normalized spacial score (nSPS) is 17.1. The third kappa shape index (κ3) is 6.44. The van der Waals surface area contributed by atoms with Crippen molar-refractivity contribution in [3.05, 3.63) is 112 Å². The van der Waals surface area contributed by atoms with Crippen LogP contribution in [0.1, 0.15) is 11.1 Å². The minimum atomic E-state index is -0.0777. The summed E-state index contributed by atoms with van der Waals surface area (Å²) in [5.74, 6) is 0.565. The van der Waals surface area contributed by atoms with Crippen LogP contribution in [-0.4, -0.2) is 20.5 Å². The molecule has 5 heteroatoms. The van der Waals surface area contributed by atoms with Gasteiger partial charge in [-0.25, -0.2) is 9.67 Å². The Morgan fingerprint density at radius 1 is 0.926 bits per heavy atom. The second-order valence-corrected chi connectivity index (χ2v) is 5.75. The number of aryl methyl sites for hydroxylation is 1. The van der Waals surface area contributed by atoms with Crippen molar-refractivity contribution >= 4 is 17.6 Å². The number of ketones is 1. The van der Waals surface area contributed by atoms with E-state index in [1.807, 2.05) is 82.2 Å². The van der Waals surface area contributed by atoms with Crippen molar-refractivity contribution < 1.29 is 21.9 Å². The molecule has 2 aromatic rings. The van der Waals surface area contributed by atoms with Crippen LogP contribution in [0.2, 0.25) is 0 Å². The van der Waals surface area contributed by atoms with E-state index in [-0.39, 0.29) is 22.9 Å². The average Bonchev–Trinajstić information content (AvgIpc) is 3.45. The van der Waals surface area contributed by atoms with E-state index in [2.05, 4.69) is 10.1 Å². The van der Waals surface area contributed by atoms with Crippen molar-refractivity contribution in [3.63, 3.8) is 0 Å². The number of hydrogen-bond donors (Lipinski definition) is 0. The van der Waals surface area contributed by atoms with Crippen molar-refractivity contribution in [2.45, 2.75) is 6.92 Å². The number of carbonyl (C=O) groups is 1. The van der Waals surface area contributed by atoms with Crippen LogP contribution < -0.4 is 0 Å². The molecule has 0 bridgehead atoms. The molecule has 0 unspecified atom stereocenters. The molecule has 0 spiro atoms. The van der Waals surface area contributed by atoms with E-state index < -0.39 is 0 Å². The summed E-state index contributed by atoms with van der Waals surface area (Å²) in [6.45, 7) is 2.03. The molecule has 27 heavy (non-hydrogen) atoms. The number of hydrogen-bond acceptors (Lipinski definition) is 3. The number of allylic oxidation sites excluding steroid dienone is 1. The first kappa shape index (κ1) is 21.6. The van der Waals surface area contributed by atoms with Crippen molar-refractivity contribution in [2.24, 2.45) is 0 Å². The molecule has 0 N–H and O–H groups in total. The molecule has 2 aliphatic carbocycles. The zero-order valence-electron chi connectivity index (χ0n) is 14.8. The molecule has 2 aliphatic rings. The zero-order chi connectivity index (χ0) is 18.2. The van der Waals surface area contributed by atoms with Gasteiger partial charge in [-0.2, -0.15) is 5.10 Å². The first-order chi connectivity index (χ1) is 12.7. The van der Waals surface area contributed by atoms with Crippen molar-refractivity contribution in [3.8, 4) is 0 Å². The molecule has 4 nitrogen and oxygen atoms in total. The van der Waals surface area contributed by atoms with Crippen molar-refractivity contribution in [1.82, 2.24) is 14.8 Å². The Morgan fingerprint density at radius 2 is 1.52 bits per heavy atom. The van der Waals surface area contributed by atoms with Gasteiger partial charge in [0.15, 0.2) is 5.78 Å². The van der Waals surface area contributed by atoms with Gasteiger partial charge < -0.3 is 0 Å². The van der Waals surface area contributed by atoms with Gasteiger partial charge in [-0.1, -0.05) is 29.8 Å². The van der Waals surface area contributed by atoms with Crippen LogP contribution in [0, 0.1) is 70.6 Å². The Kier molecular flexibility index (Phi) is 8.96. The van der Waals surface area contributed by atoms with Gasteiger partial charge in [0.05, 0.1) is 5.92 Å². The molecular formula is C22H19FeN3O+2. The average molecular weight is 397 g/mol. The van der Waals surface area contributed by atoms with Crippen LogP contribution in [0.5, 0.6) is 0 Å². The van der Waals surface area contributed by atoms with Crippen LogP contribution in [0.15, 0.2) is 36.9 Å². The van der Waals surface area contributed by atoms with E-state index in [0.29, 0.717) is 11.6 Å². The second-order valence-electron chi connectivity index (χ2n) is 5.75. The third-order valence-corrected chi connectivity index (χ3v) is 3.76. The van der Waals surface area contributed by atoms with Crippen LogP contribution in [0.4, 0.5) is 0 Å². The number of rotatable bonds is 4. The van der Waals surface area contributed by atoms with Crippen LogP contribution in [-0.2, 0) is 21.9 Å². The van der Waals surface area contributed by atoms with Crippen LogP contribution >= 0.6 is 0 Å². The largest absolute Gasteiger partial charge is 2.00 e. The summed E-state index contributed by atoms with van der Waals surface area (Å²) < 4.78 is 1.50. The first-order valence-corrected chi connectivity index (χ1v) is 8.30. The van der Waals surface area contributed by atoms with E-state index in [4.69, 9.17) is 0 Å². The summed E-state index contributed by atoms with van der Waals surface area (Å²) in [6, 6.07) is 7.98. The Hall–Kier alpha value is -1.71. The molecule has 0 aliphatic heterocycles. The Bertz CT molecular complexity index is 705. The third-order valence-electron chi connectivity index (χ3n) is 3.76. The summed E-state index contributed by atoms with van der Waals surface area (Å²) in [7, 11) is 0. The van der Waals surface area contributed by atoms with Crippen molar-refractivity contribution in [2.75, 3.05) is 0 Å². The summed E-state index contributed by atoms with van der Waals surface area (Å²) >= 11 is 0. The van der Waals surface area contributed by atoms with Gasteiger partial charge in [0.1, 0.15) is 18.4 Å². The fourth-order valence-electron chi connectivity index (χ4n) is 2.38. The van der Waals surface area contributed by atoms with Gasteiger partial charge in [-0.3, -0.25) is 4.79 Å². The molecule has 0 saturated heterocycles. The molecule has 4 rings (SSSR count). The number of Topliss-reactive ketones (excluding diaryl/α,β-unsaturated/α-hetero) is 1. The molecule has 134 valence electrons. The number of carbonyl (C=O) groups excluding carboxylic acids is 1. The fourth-order valence-corrected chi connectivity index (χ4v) is 2.38. The van der Waals surface area contributed by atoms with Gasteiger partial charge in [0, 0.05) is 0 Å². The van der Waals surface area contributed by atoms with Gasteiger partial charge in [0.25, 0.3) is 0 Å². The molecule has 1 aromatic carbocycles. The van der Waals surface area contributed by atoms with Gasteiger partial charge in [-0.05, 0) is 76.4 Å². The first-order valence-electron chi connectivity index (χ1n) is 8.30. The standard InChI is InChI=1S/C17H14N3O.C5H5.Fe/c1-13-6-8-14(9-7-13)10-16(20-12-18-11-19-20)17(21)15-4-2-3-5-15;1-2-4-5-3-1;/h2-12H,1H3;1-5H;/q;;+2/b16-10+;;. The van der Waals surface area contributed by atoms with Gasteiger partial charge in [0.2, 0.25) is 0 Å². The Labute approximate surface area is 172 Å². The predicted molar refractivity (Wildman–Crippen MR) is 102 cm³/mol. The second kappa shape index (κ2) is 11.2. The van der Waals surface area contributed by atoms with Crippen LogP contribution in [0.3, 0.4) is 0 Å². The van der Waals surface area contributed by atoms with Gasteiger partial charge in [-0.15, -0.1) is 0 Å². The molecular weight excluding hydrogens is 378 g/mol. The summed E-state index contributed by atoms with van der Waals surface area (Å²) in [6.07, 6.45) is 22.0. The van der Waals surface area contributed by atoms with E-state index >= 15 is 0 Å². The van der Waals surface area contributed by atoms with E-state index in [1.165, 1.54) is 22.9 Å². The minimum Gasteiger partial charge on any atom is -0.292 e. The maximum Gasteiger partial charge on any atom is 2.00 e. The molecule has 0 atom stereocenters. The SMILES string of the molecule is Cc1ccc(/C=C(\C(=O)[C]2[CH][CH][CH][CH]2)n2cncn2)cc1.[CH]1[CH][CH][CH][CH]1.[Fe+2]. The zero-order valence-corrected chi connectivity index (χ0v) is 15.9. The maximum absolute atomic E-state index is 12.6. The smallest absolute Gasteiger partial charge is 0.292 e. The monoisotopic (exact) mass is 397 g/mol. The molecule has 0 amide bonds. The molecule has 2 saturated carbocycles. The maximum atomic E-state index is 12.6. The molecule has 1 heterocycles. The van der Waals surface area contributed by atoms with E-state index in [9.17, 15) is 4.79 Å². The van der Waals surface area contributed by atoms with Crippen LogP contribution in [0.25, 0.3) is 11.8 Å². The van der Waals surface area contributed by atoms with E-state index in [0.717, 1.165) is 5.56 Å². The van der Waals surface area contributed by atoms with E-state index in [1.54, 1.807) is 12.8 Å². The summed E-state index contributed by atoms with van der Waals surface area (Å²) in [5.41, 5.74) is 2.60. The number of benzene rings is 1. The molecule has 2 fully saturated rings. The Morgan fingerprint density at radius 3 is 2.04 bits per heavy atom. The minimum absolute atomic E-state index is 0. The van der Waals surface area contributed by atoms with Gasteiger partial charge >= 0.3 is 17.1 Å². The number of nitrogens with zero attached hydrogens (tertiary/aromatic N) is 3. The topological polar surface area (TPSA) is 47.8 Å². The summed E-state index contributed by atoms with van der Waals surface area (Å²) in [5, 5.41) is 4.08. The summed E-state index contributed by atoms with van der Waals surface area (Å²) in [4.78, 5) is 16.5. The fraction of sp³-hybridized carbons (Fsp3) is 0.0455. The molecule has 1 aromatic heterocycles. The quantitative estimate of drug-likeness (QED) is 0.586. The van der Waals surface area contributed by atoms with Crippen molar-refractivity contribution in [1.29, 1.82) is 0 Å².